The van der Waals surface area contributed by atoms with Crippen LogP contribution < -0.4 is 0 Å². The lowest BCUT2D eigenvalue weighted by atomic mass is 10.0. The van der Waals surface area contributed by atoms with Crippen LogP contribution in [0, 0.1) is 15.9 Å². The molecule has 0 aliphatic carbocycles. The summed E-state index contributed by atoms with van der Waals surface area (Å²) in [5.74, 6) is -3.31. The third-order valence-electron chi connectivity index (χ3n) is 2.10. The van der Waals surface area contributed by atoms with Gasteiger partial charge in [-0.25, -0.2) is 0 Å². The van der Waals surface area contributed by atoms with Gasteiger partial charge < -0.3 is 5.11 Å². The Hall–Kier alpha value is -1.69. The number of rotatable bonds is 3. The Bertz CT molecular complexity index is 463. The summed E-state index contributed by atoms with van der Waals surface area (Å²) in [5, 5.41) is 19.0. The second-order valence-corrected chi connectivity index (χ2v) is 3.55. The van der Waals surface area contributed by atoms with Crippen molar-refractivity contribution >= 4 is 23.3 Å². The number of nitro groups is 1. The number of aliphatic carboxylic acids is 1. The number of carbonyl (C=O) groups is 1. The minimum absolute atomic E-state index is 0.0114. The number of carboxylic acids is 1. The van der Waals surface area contributed by atoms with Gasteiger partial charge in [0.1, 0.15) is 0 Å². The summed E-state index contributed by atoms with van der Waals surface area (Å²) in [6.45, 7) is 1.31. The minimum Gasteiger partial charge on any atom is -0.481 e. The van der Waals surface area contributed by atoms with Gasteiger partial charge in [0.2, 0.25) is 5.82 Å². The molecular weight excluding hydrogens is 241 g/mol. The van der Waals surface area contributed by atoms with Crippen LogP contribution in [0.5, 0.6) is 0 Å². The lowest BCUT2D eigenvalue weighted by Crippen LogP contribution is -2.09. The van der Waals surface area contributed by atoms with Gasteiger partial charge in [-0.15, -0.1) is 0 Å². The molecule has 86 valence electrons. The Morgan fingerprint density at radius 1 is 1.62 bits per heavy atom. The van der Waals surface area contributed by atoms with Crippen LogP contribution in [0.4, 0.5) is 10.1 Å². The van der Waals surface area contributed by atoms with E-state index in [1.807, 2.05) is 0 Å². The van der Waals surface area contributed by atoms with Gasteiger partial charge in [0.25, 0.3) is 0 Å². The molecule has 16 heavy (non-hydrogen) atoms. The molecule has 1 aromatic carbocycles. The van der Waals surface area contributed by atoms with Crippen molar-refractivity contribution in [2.45, 2.75) is 12.8 Å². The molecule has 1 aromatic rings. The van der Waals surface area contributed by atoms with Crippen LogP contribution in [0.15, 0.2) is 12.1 Å². The van der Waals surface area contributed by atoms with Crippen LogP contribution in [-0.2, 0) is 4.79 Å². The first kappa shape index (κ1) is 12.4. The molecule has 0 fully saturated rings. The maximum atomic E-state index is 13.2. The van der Waals surface area contributed by atoms with Crippen LogP contribution in [0.25, 0.3) is 0 Å². The number of hydrogen-bond donors (Lipinski definition) is 1. The minimum atomic E-state index is -1.19. The zero-order valence-electron chi connectivity index (χ0n) is 8.11. The van der Waals surface area contributed by atoms with Gasteiger partial charge in [-0.3, -0.25) is 14.9 Å². The summed E-state index contributed by atoms with van der Waals surface area (Å²) in [5.41, 5.74) is -0.761. The van der Waals surface area contributed by atoms with E-state index in [1.54, 1.807) is 0 Å². The third-order valence-corrected chi connectivity index (χ3v) is 2.43. The Kier molecular flexibility index (Phi) is 3.44. The highest BCUT2D eigenvalue weighted by atomic mass is 35.5. The molecule has 1 atom stereocenters. The quantitative estimate of drug-likeness (QED) is 0.657. The topological polar surface area (TPSA) is 80.4 Å². The van der Waals surface area contributed by atoms with Crippen LogP contribution >= 0.6 is 11.6 Å². The summed E-state index contributed by atoms with van der Waals surface area (Å²) in [6.07, 6.45) is 0. The molecular formula is C9H7ClFNO4. The van der Waals surface area contributed by atoms with Crippen molar-refractivity contribution in [2.75, 3.05) is 0 Å². The van der Waals surface area contributed by atoms with Gasteiger partial charge in [-0.05, 0) is 18.6 Å². The SMILES string of the molecule is CC(C(=O)O)c1cc(F)c([N+](=O)[O-])cc1Cl. The first-order valence-corrected chi connectivity index (χ1v) is 4.58. The van der Waals surface area contributed by atoms with E-state index in [1.165, 1.54) is 6.92 Å². The maximum absolute atomic E-state index is 13.2. The first-order valence-electron chi connectivity index (χ1n) is 4.20. The van der Waals surface area contributed by atoms with Crippen LogP contribution in [0.1, 0.15) is 18.4 Å². The van der Waals surface area contributed by atoms with Crippen molar-refractivity contribution in [3.63, 3.8) is 0 Å². The molecule has 0 radical (unpaired) electrons. The monoisotopic (exact) mass is 247 g/mol. The third kappa shape index (κ3) is 2.27. The van der Waals surface area contributed by atoms with Crippen molar-refractivity contribution in [1.29, 1.82) is 0 Å². The molecule has 0 aliphatic rings. The van der Waals surface area contributed by atoms with Crippen molar-refractivity contribution in [1.82, 2.24) is 0 Å². The van der Waals surface area contributed by atoms with E-state index in [0.717, 1.165) is 12.1 Å². The maximum Gasteiger partial charge on any atom is 0.310 e. The summed E-state index contributed by atoms with van der Waals surface area (Å²) in [4.78, 5) is 20.1. The first-order chi connectivity index (χ1) is 7.34. The molecule has 0 saturated heterocycles. The number of hydrogen-bond acceptors (Lipinski definition) is 3. The largest absolute Gasteiger partial charge is 0.481 e. The summed E-state index contributed by atoms with van der Waals surface area (Å²) >= 11 is 5.65. The molecule has 0 heterocycles. The van der Waals surface area contributed by atoms with Gasteiger partial charge in [0.15, 0.2) is 0 Å². The Morgan fingerprint density at radius 2 is 2.19 bits per heavy atom. The van der Waals surface area contributed by atoms with Gasteiger partial charge in [0, 0.05) is 6.07 Å². The van der Waals surface area contributed by atoms with Gasteiger partial charge >= 0.3 is 11.7 Å². The van der Waals surface area contributed by atoms with Crippen molar-refractivity contribution in [3.8, 4) is 0 Å². The second-order valence-electron chi connectivity index (χ2n) is 3.14. The number of carboxylic acid groups (broad SMARTS) is 1. The fourth-order valence-corrected chi connectivity index (χ4v) is 1.48. The predicted octanol–water partition coefficient (Wildman–Crippen LogP) is 2.58. The van der Waals surface area contributed by atoms with E-state index in [-0.39, 0.29) is 10.6 Å². The smallest absolute Gasteiger partial charge is 0.310 e. The van der Waals surface area contributed by atoms with Gasteiger partial charge in [-0.2, -0.15) is 4.39 Å². The lowest BCUT2D eigenvalue weighted by Gasteiger charge is -2.08. The molecule has 0 aliphatic heterocycles. The standard InChI is InChI=1S/C9H7ClFNO4/c1-4(9(13)14)5-2-7(11)8(12(15)16)3-6(5)10/h2-4H,1H3,(H,13,14). The molecule has 7 heteroatoms. The lowest BCUT2D eigenvalue weighted by molar-refractivity contribution is -0.387. The summed E-state index contributed by atoms with van der Waals surface area (Å²) in [6, 6.07) is 1.59. The molecule has 1 unspecified atom stereocenters. The Labute approximate surface area is 94.6 Å². The van der Waals surface area contributed by atoms with E-state index in [4.69, 9.17) is 16.7 Å². The van der Waals surface area contributed by atoms with Crippen LogP contribution in [0.3, 0.4) is 0 Å². The molecule has 1 rings (SSSR count). The van der Waals surface area contributed by atoms with Gasteiger partial charge in [0.05, 0.1) is 15.9 Å². The molecule has 0 aromatic heterocycles. The van der Waals surface area contributed by atoms with E-state index in [0.29, 0.717) is 0 Å². The number of halogens is 2. The second kappa shape index (κ2) is 4.44. The Morgan fingerprint density at radius 3 is 2.62 bits per heavy atom. The van der Waals surface area contributed by atoms with E-state index in [9.17, 15) is 19.3 Å². The highest BCUT2D eigenvalue weighted by molar-refractivity contribution is 6.31. The van der Waals surface area contributed by atoms with Gasteiger partial charge in [-0.1, -0.05) is 11.6 Å². The summed E-state index contributed by atoms with van der Waals surface area (Å²) < 4.78 is 13.2. The molecule has 5 nitrogen and oxygen atoms in total. The average molecular weight is 248 g/mol. The Balaban J connectivity index is 3.31. The predicted molar refractivity (Wildman–Crippen MR) is 54.1 cm³/mol. The van der Waals surface area contributed by atoms with E-state index in [2.05, 4.69) is 0 Å². The molecule has 0 amide bonds. The fourth-order valence-electron chi connectivity index (χ4n) is 1.16. The molecule has 1 N–H and O–H groups in total. The van der Waals surface area contributed by atoms with Crippen LogP contribution in [-0.4, -0.2) is 16.0 Å². The van der Waals surface area contributed by atoms with Crippen molar-refractivity contribution < 1.29 is 19.2 Å². The van der Waals surface area contributed by atoms with Crippen molar-refractivity contribution in [3.05, 3.63) is 38.7 Å². The average Bonchev–Trinajstić information content (AvgIpc) is 2.19. The zero-order valence-corrected chi connectivity index (χ0v) is 8.86. The number of nitrogens with zero attached hydrogens (tertiary/aromatic N) is 1. The van der Waals surface area contributed by atoms with Crippen LogP contribution in [0.2, 0.25) is 5.02 Å². The molecule has 0 spiro atoms. The molecule has 0 saturated carbocycles. The van der Waals surface area contributed by atoms with Crippen molar-refractivity contribution in [2.24, 2.45) is 0 Å². The summed E-state index contributed by atoms with van der Waals surface area (Å²) in [7, 11) is 0. The zero-order chi connectivity index (χ0) is 12.5. The fraction of sp³-hybridized carbons (Fsp3) is 0.222. The normalized spacial score (nSPS) is 12.2. The highest BCUT2D eigenvalue weighted by Gasteiger charge is 2.23. The molecule has 0 bridgehead atoms. The highest BCUT2D eigenvalue weighted by Crippen LogP contribution is 2.30. The number of benzene rings is 1. The number of nitro benzene ring substituents is 1. The van der Waals surface area contributed by atoms with E-state index >= 15 is 0 Å². The van der Waals surface area contributed by atoms with E-state index < -0.39 is 28.3 Å².